The molecule has 1 saturated heterocycles. The summed E-state index contributed by atoms with van der Waals surface area (Å²) in [6, 6.07) is 24.9. The fourth-order valence-corrected chi connectivity index (χ4v) is 4.77. The van der Waals surface area contributed by atoms with Gasteiger partial charge in [0.1, 0.15) is 11.9 Å². The Hall–Kier alpha value is -3.51. The van der Waals surface area contributed by atoms with Crippen molar-refractivity contribution in [3.05, 3.63) is 114 Å². The van der Waals surface area contributed by atoms with Crippen molar-refractivity contribution in [2.24, 2.45) is 0 Å². The molecule has 1 aliphatic rings. The van der Waals surface area contributed by atoms with Crippen LogP contribution < -0.4 is 10.2 Å². The molecule has 33 heavy (non-hydrogen) atoms. The highest BCUT2D eigenvalue weighted by Gasteiger charge is 2.42. The van der Waals surface area contributed by atoms with Gasteiger partial charge < -0.3 is 14.8 Å². The predicted molar refractivity (Wildman–Crippen MR) is 134 cm³/mol. The molecule has 6 heteroatoms. The quantitative estimate of drug-likeness (QED) is 0.357. The zero-order chi connectivity index (χ0) is 22.9. The third kappa shape index (κ3) is 4.02. The summed E-state index contributed by atoms with van der Waals surface area (Å²) < 4.78 is 15.7. The van der Waals surface area contributed by atoms with Gasteiger partial charge in [0.2, 0.25) is 0 Å². The lowest BCUT2D eigenvalue weighted by Gasteiger charge is -2.29. The van der Waals surface area contributed by atoms with E-state index < -0.39 is 0 Å². The second kappa shape index (κ2) is 8.79. The first-order valence-electron chi connectivity index (χ1n) is 11.1. The first kappa shape index (κ1) is 21.3. The minimum absolute atomic E-state index is 0.141. The van der Waals surface area contributed by atoms with Crippen LogP contribution in [-0.4, -0.2) is 14.7 Å². The lowest BCUT2D eigenvalue weighted by molar-refractivity contribution is 0.549. The number of halogens is 1. The van der Waals surface area contributed by atoms with E-state index in [0.29, 0.717) is 11.0 Å². The summed E-state index contributed by atoms with van der Waals surface area (Å²) in [6.45, 7) is 4.37. The van der Waals surface area contributed by atoms with Gasteiger partial charge in [-0.15, -0.1) is 0 Å². The minimum atomic E-state index is -0.255. The Morgan fingerprint density at radius 1 is 0.909 bits per heavy atom. The van der Waals surface area contributed by atoms with Crippen molar-refractivity contribution in [3.63, 3.8) is 0 Å². The number of aromatic nitrogens is 2. The molecule has 1 N–H and O–H groups in total. The normalized spacial score (nSPS) is 18.1. The highest BCUT2D eigenvalue weighted by Crippen LogP contribution is 2.42. The van der Waals surface area contributed by atoms with Gasteiger partial charge in [-0.1, -0.05) is 32.0 Å². The summed E-state index contributed by atoms with van der Waals surface area (Å²) in [5, 5.41) is 4.16. The van der Waals surface area contributed by atoms with E-state index in [2.05, 4.69) is 63.9 Å². The molecule has 1 aliphatic heterocycles. The third-order valence-electron chi connectivity index (χ3n) is 6.12. The fourth-order valence-electron chi connectivity index (χ4n) is 4.43. The number of anilines is 1. The van der Waals surface area contributed by atoms with Gasteiger partial charge in [-0.25, -0.2) is 4.39 Å². The van der Waals surface area contributed by atoms with Crippen LogP contribution in [0.25, 0.3) is 5.69 Å². The van der Waals surface area contributed by atoms with Crippen LogP contribution in [0.1, 0.15) is 48.8 Å². The summed E-state index contributed by atoms with van der Waals surface area (Å²) in [6.07, 6.45) is 3.80. The molecule has 2 atom stereocenters. The molecule has 0 spiro atoms. The van der Waals surface area contributed by atoms with Gasteiger partial charge in [0.25, 0.3) is 0 Å². The van der Waals surface area contributed by atoms with Crippen LogP contribution in [-0.2, 0) is 0 Å². The van der Waals surface area contributed by atoms with Gasteiger partial charge in [-0.05, 0) is 84.4 Å². The van der Waals surface area contributed by atoms with Crippen molar-refractivity contribution in [2.45, 2.75) is 31.8 Å². The molecule has 0 unspecified atom stereocenters. The second-order valence-corrected chi connectivity index (χ2v) is 8.91. The van der Waals surface area contributed by atoms with E-state index in [1.807, 2.05) is 30.5 Å². The van der Waals surface area contributed by atoms with Gasteiger partial charge in [0.15, 0.2) is 5.11 Å². The van der Waals surface area contributed by atoms with Crippen molar-refractivity contribution in [2.75, 3.05) is 4.90 Å². The standard InChI is InChI=1S/C27H25FN4S/c1-18(2)19-8-12-22(13-9-19)32-26(25(30-27(32)33)23-6-3-4-16-29-23)24-7-5-17-31(24)21-14-10-20(28)11-15-21/h3-18,25-26H,1-2H3,(H,30,33)/t25-,26+/m1/s1. The van der Waals surface area contributed by atoms with E-state index in [9.17, 15) is 4.39 Å². The van der Waals surface area contributed by atoms with Gasteiger partial charge >= 0.3 is 0 Å². The van der Waals surface area contributed by atoms with E-state index in [-0.39, 0.29) is 17.9 Å². The molecule has 3 heterocycles. The van der Waals surface area contributed by atoms with Crippen LogP contribution in [0.3, 0.4) is 0 Å². The number of nitrogens with one attached hydrogen (secondary N) is 1. The van der Waals surface area contributed by atoms with Gasteiger partial charge in [0, 0.05) is 29.5 Å². The molecule has 4 nitrogen and oxygen atoms in total. The van der Waals surface area contributed by atoms with E-state index in [1.165, 1.54) is 17.7 Å². The van der Waals surface area contributed by atoms with Crippen molar-refractivity contribution < 1.29 is 4.39 Å². The maximum atomic E-state index is 13.6. The summed E-state index contributed by atoms with van der Waals surface area (Å²) in [7, 11) is 0. The Balaban J connectivity index is 1.63. The molecule has 0 saturated carbocycles. The highest BCUT2D eigenvalue weighted by molar-refractivity contribution is 7.80. The Kier molecular flexibility index (Phi) is 5.68. The molecule has 1 fully saturated rings. The minimum Gasteiger partial charge on any atom is -0.351 e. The largest absolute Gasteiger partial charge is 0.351 e. The zero-order valence-corrected chi connectivity index (χ0v) is 19.3. The second-order valence-electron chi connectivity index (χ2n) is 8.52. The molecule has 166 valence electrons. The Morgan fingerprint density at radius 3 is 2.30 bits per heavy atom. The summed E-state index contributed by atoms with van der Waals surface area (Å²) in [5.41, 5.74) is 5.15. The first-order chi connectivity index (χ1) is 16.0. The lowest BCUT2D eigenvalue weighted by Crippen LogP contribution is -2.30. The number of nitrogens with zero attached hydrogens (tertiary/aromatic N) is 3. The van der Waals surface area contributed by atoms with Gasteiger partial charge in [-0.2, -0.15) is 0 Å². The van der Waals surface area contributed by atoms with Crippen LogP contribution in [0.15, 0.2) is 91.3 Å². The molecule has 0 bridgehead atoms. The Bertz CT molecular complexity index is 1250. The van der Waals surface area contributed by atoms with Gasteiger partial charge in [-0.3, -0.25) is 4.98 Å². The smallest absolute Gasteiger partial charge is 0.174 e. The molecule has 2 aromatic heterocycles. The third-order valence-corrected chi connectivity index (χ3v) is 6.44. The number of pyridine rings is 1. The van der Waals surface area contributed by atoms with E-state index in [0.717, 1.165) is 22.8 Å². The summed E-state index contributed by atoms with van der Waals surface area (Å²) in [4.78, 5) is 6.79. The van der Waals surface area contributed by atoms with E-state index in [4.69, 9.17) is 12.2 Å². The molecular formula is C27H25FN4S. The number of thiocarbonyl (C=S) groups is 1. The SMILES string of the molecule is CC(C)c1ccc(N2C(=S)N[C@H](c3ccccn3)[C@@H]2c2cccn2-c2ccc(F)cc2)cc1. The van der Waals surface area contributed by atoms with Crippen LogP contribution >= 0.6 is 12.2 Å². The maximum Gasteiger partial charge on any atom is 0.174 e. The van der Waals surface area contributed by atoms with Gasteiger partial charge in [0.05, 0.1) is 11.7 Å². The van der Waals surface area contributed by atoms with Crippen molar-refractivity contribution in [1.82, 2.24) is 14.9 Å². The fraction of sp³-hybridized carbons (Fsp3) is 0.185. The molecular weight excluding hydrogens is 431 g/mol. The molecule has 2 aromatic carbocycles. The molecule has 5 rings (SSSR count). The van der Waals surface area contributed by atoms with E-state index in [1.54, 1.807) is 18.3 Å². The number of hydrogen-bond acceptors (Lipinski definition) is 2. The number of rotatable bonds is 5. The molecule has 0 radical (unpaired) electrons. The Morgan fingerprint density at radius 2 is 1.64 bits per heavy atom. The Labute approximate surface area is 198 Å². The highest BCUT2D eigenvalue weighted by atomic mass is 32.1. The van der Waals surface area contributed by atoms with Crippen LogP contribution in [0, 0.1) is 5.82 Å². The molecule has 0 aliphatic carbocycles. The average molecular weight is 457 g/mol. The number of hydrogen-bond donors (Lipinski definition) is 1. The predicted octanol–water partition coefficient (Wildman–Crippen LogP) is 6.31. The topological polar surface area (TPSA) is 33.1 Å². The van der Waals surface area contributed by atoms with Crippen LogP contribution in [0.4, 0.5) is 10.1 Å². The summed E-state index contributed by atoms with van der Waals surface area (Å²) in [5.74, 6) is 0.199. The summed E-state index contributed by atoms with van der Waals surface area (Å²) >= 11 is 5.84. The average Bonchev–Trinajstić information content (AvgIpc) is 3.44. The monoisotopic (exact) mass is 456 g/mol. The maximum absolute atomic E-state index is 13.6. The number of benzene rings is 2. The van der Waals surface area contributed by atoms with Crippen LogP contribution in [0.5, 0.6) is 0 Å². The van der Waals surface area contributed by atoms with Crippen molar-refractivity contribution in [1.29, 1.82) is 0 Å². The lowest BCUT2D eigenvalue weighted by atomic mass is 9.99. The van der Waals surface area contributed by atoms with Crippen molar-refractivity contribution in [3.8, 4) is 5.69 Å². The van der Waals surface area contributed by atoms with E-state index >= 15 is 0 Å². The van der Waals surface area contributed by atoms with Crippen molar-refractivity contribution >= 4 is 23.0 Å². The molecule has 0 amide bonds. The zero-order valence-electron chi connectivity index (χ0n) is 18.5. The van der Waals surface area contributed by atoms with Crippen LogP contribution in [0.2, 0.25) is 0 Å². The molecule has 4 aromatic rings. The first-order valence-corrected chi connectivity index (χ1v) is 11.5.